The number of methoxy groups -OCH3 is 1. The number of fused-ring (bicyclic) bond motifs is 2. The predicted molar refractivity (Wildman–Crippen MR) is 110 cm³/mol. The Labute approximate surface area is 176 Å². The third-order valence-electron chi connectivity index (χ3n) is 5.92. The molecule has 5 rings (SSSR count). The van der Waals surface area contributed by atoms with E-state index in [1.807, 2.05) is 0 Å². The first kappa shape index (κ1) is 19.4. The summed E-state index contributed by atoms with van der Waals surface area (Å²) in [5, 5.41) is 0.352. The molecular formula is C21H21N5O5. The SMILES string of the molecule is COCCn1c(C(=O)N2CC(N3C(=O)CCC3=O)C2)cc2c(=O)n3ccccc3nc21. The molecule has 0 spiro atoms. The van der Waals surface area contributed by atoms with Crippen LogP contribution in [0.25, 0.3) is 16.7 Å². The van der Waals surface area contributed by atoms with Crippen LogP contribution in [0.4, 0.5) is 0 Å². The van der Waals surface area contributed by atoms with Crippen LogP contribution in [0.2, 0.25) is 0 Å². The van der Waals surface area contributed by atoms with Gasteiger partial charge < -0.3 is 14.2 Å². The molecule has 2 aliphatic rings. The lowest BCUT2D eigenvalue weighted by atomic mass is 10.1. The fourth-order valence-corrected chi connectivity index (χ4v) is 4.29. The molecule has 10 heteroatoms. The van der Waals surface area contributed by atoms with Crippen molar-refractivity contribution < 1.29 is 19.1 Å². The molecule has 3 amide bonds. The van der Waals surface area contributed by atoms with Crippen molar-refractivity contribution in [3.05, 3.63) is 46.5 Å². The van der Waals surface area contributed by atoms with E-state index in [-0.39, 0.29) is 55.3 Å². The molecule has 0 radical (unpaired) electrons. The molecular weight excluding hydrogens is 402 g/mol. The average molecular weight is 423 g/mol. The smallest absolute Gasteiger partial charge is 0.270 e. The Balaban J connectivity index is 1.50. The highest BCUT2D eigenvalue weighted by atomic mass is 16.5. The van der Waals surface area contributed by atoms with Gasteiger partial charge in [-0.2, -0.15) is 0 Å². The van der Waals surface area contributed by atoms with Crippen LogP contribution in [-0.2, 0) is 20.9 Å². The van der Waals surface area contributed by atoms with Gasteiger partial charge in [0, 0.05) is 45.8 Å². The number of pyridine rings is 1. The van der Waals surface area contributed by atoms with Crippen LogP contribution in [0.5, 0.6) is 0 Å². The lowest BCUT2D eigenvalue weighted by molar-refractivity contribution is -0.144. The highest BCUT2D eigenvalue weighted by molar-refractivity contribution is 6.03. The van der Waals surface area contributed by atoms with E-state index in [1.54, 1.807) is 47.0 Å². The molecule has 2 aliphatic heterocycles. The molecule has 3 aromatic rings. The quantitative estimate of drug-likeness (QED) is 0.546. The topological polar surface area (TPSA) is 106 Å². The lowest BCUT2D eigenvalue weighted by Crippen LogP contribution is -2.62. The molecule has 3 aromatic heterocycles. The normalized spacial score (nSPS) is 17.2. The van der Waals surface area contributed by atoms with Crippen molar-refractivity contribution in [1.82, 2.24) is 23.8 Å². The first-order valence-corrected chi connectivity index (χ1v) is 10.1. The number of aromatic nitrogens is 3. The maximum Gasteiger partial charge on any atom is 0.270 e. The summed E-state index contributed by atoms with van der Waals surface area (Å²) < 4.78 is 8.34. The summed E-state index contributed by atoms with van der Waals surface area (Å²) >= 11 is 0. The number of carbonyl (C=O) groups excluding carboxylic acids is 3. The number of likely N-dealkylation sites (tertiary alicyclic amines) is 2. The maximum atomic E-state index is 13.2. The van der Waals surface area contributed by atoms with E-state index in [9.17, 15) is 19.2 Å². The van der Waals surface area contributed by atoms with E-state index in [4.69, 9.17) is 4.74 Å². The molecule has 2 fully saturated rings. The van der Waals surface area contributed by atoms with Gasteiger partial charge in [0.2, 0.25) is 11.8 Å². The summed E-state index contributed by atoms with van der Waals surface area (Å²) in [5.41, 5.74) is 1.01. The van der Waals surface area contributed by atoms with Crippen molar-refractivity contribution in [1.29, 1.82) is 0 Å². The van der Waals surface area contributed by atoms with Crippen LogP contribution in [-0.4, -0.2) is 74.3 Å². The van der Waals surface area contributed by atoms with E-state index in [2.05, 4.69) is 4.98 Å². The van der Waals surface area contributed by atoms with Gasteiger partial charge in [-0.05, 0) is 18.2 Å². The van der Waals surface area contributed by atoms with Crippen molar-refractivity contribution in [3.63, 3.8) is 0 Å². The van der Waals surface area contributed by atoms with Crippen LogP contribution in [0.15, 0.2) is 35.3 Å². The molecule has 10 nitrogen and oxygen atoms in total. The molecule has 0 bridgehead atoms. The Morgan fingerprint density at radius 1 is 1.16 bits per heavy atom. The van der Waals surface area contributed by atoms with Gasteiger partial charge in [-0.25, -0.2) is 4.98 Å². The highest BCUT2D eigenvalue weighted by Gasteiger charge is 2.43. The summed E-state index contributed by atoms with van der Waals surface area (Å²) in [6.45, 7) is 1.28. The molecule has 2 saturated heterocycles. The van der Waals surface area contributed by atoms with Gasteiger partial charge in [-0.15, -0.1) is 0 Å². The Bertz CT molecular complexity index is 1270. The van der Waals surface area contributed by atoms with Crippen LogP contribution in [0, 0.1) is 0 Å². The number of hydrogen-bond acceptors (Lipinski definition) is 6. The minimum atomic E-state index is -0.283. The molecule has 0 unspecified atom stereocenters. The molecule has 0 saturated carbocycles. The highest BCUT2D eigenvalue weighted by Crippen LogP contribution is 2.25. The number of ether oxygens (including phenoxy) is 1. The zero-order valence-electron chi connectivity index (χ0n) is 17.0. The Morgan fingerprint density at radius 3 is 2.61 bits per heavy atom. The second-order valence-corrected chi connectivity index (χ2v) is 7.78. The molecule has 0 aliphatic carbocycles. The van der Waals surface area contributed by atoms with E-state index in [0.717, 1.165) is 0 Å². The van der Waals surface area contributed by atoms with Crippen molar-refractivity contribution in [3.8, 4) is 0 Å². The van der Waals surface area contributed by atoms with Gasteiger partial charge in [-0.3, -0.25) is 28.5 Å². The minimum Gasteiger partial charge on any atom is -0.383 e. The monoisotopic (exact) mass is 423 g/mol. The van der Waals surface area contributed by atoms with E-state index >= 15 is 0 Å². The summed E-state index contributed by atoms with van der Waals surface area (Å²) in [6.07, 6.45) is 2.11. The molecule has 0 aromatic carbocycles. The number of amides is 3. The standard InChI is InChI=1S/C21H21N5O5/c1-31-9-8-24-15(10-14-19(24)22-16-4-2-3-7-25(16)20(14)29)21(30)23-11-13(12-23)26-17(27)5-6-18(26)28/h2-4,7,10,13H,5-6,8-9,11-12H2,1H3. The minimum absolute atomic E-state index is 0.180. The van der Waals surface area contributed by atoms with E-state index in [1.165, 1.54) is 9.30 Å². The zero-order valence-corrected chi connectivity index (χ0v) is 17.0. The first-order chi connectivity index (χ1) is 15.0. The Morgan fingerprint density at radius 2 is 1.90 bits per heavy atom. The van der Waals surface area contributed by atoms with Gasteiger partial charge in [0.1, 0.15) is 17.0 Å². The Hall–Kier alpha value is -3.53. The van der Waals surface area contributed by atoms with Crippen LogP contribution >= 0.6 is 0 Å². The van der Waals surface area contributed by atoms with Crippen molar-refractivity contribution in [2.45, 2.75) is 25.4 Å². The number of imide groups is 1. The third kappa shape index (κ3) is 3.02. The Kier molecular flexibility index (Phi) is 4.58. The van der Waals surface area contributed by atoms with Gasteiger partial charge in [0.15, 0.2) is 0 Å². The average Bonchev–Trinajstić information content (AvgIpc) is 3.26. The van der Waals surface area contributed by atoms with E-state index < -0.39 is 0 Å². The number of carbonyl (C=O) groups is 3. The van der Waals surface area contributed by atoms with Crippen molar-refractivity contribution in [2.75, 3.05) is 26.8 Å². The molecule has 0 atom stereocenters. The first-order valence-electron chi connectivity index (χ1n) is 10.1. The fraction of sp³-hybridized carbons (Fsp3) is 0.381. The van der Waals surface area contributed by atoms with Crippen LogP contribution < -0.4 is 5.56 Å². The van der Waals surface area contributed by atoms with Gasteiger partial charge >= 0.3 is 0 Å². The van der Waals surface area contributed by atoms with Crippen molar-refractivity contribution >= 4 is 34.4 Å². The number of hydrogen-bond donors (Lipinski definition) is 0. The largest absolute Gasteiger partial charge is 0.383 e. The second kappa shape index (κ2) is 7.31. The summed E-state index contributed by atoms with van der Waals surface area (Å²) in [6, 6.07) is 6.57. The fourth-order valence-electron chi connectivity index (χ4n) is 4.29. The molecule has 31 heavy (non-hydrogen) atoms. The van der Waals surface area contributed by atoms with Crippen LogP contribution in [0.3, 0.4) is 0 Å². The number of nitrogens with zero attached hydrogens (tertiary/aromatic N) is 5. The zero-order chi connectivity index (χ0) is 21.7. The number of rotatable bonds is 5. The summed E-state index contributed by atoms with van der Waals surface area (Å²) in [4.78, 5) is 57.6. The molecule has 160 valence electrons. The van der Waals surface area contributed by atoms with Gasteiger partial charge in [0.25, 0.3) is 11.5 Å². The molecule has 0 N–H and O–H groups in total. The van der Waals surface area contributed by atoms with Gasteiger partial charge in [0.05, 0.1) is 18.0 Å². The van der Waals surface area contributed by atoms with E-state index in [0.29, 0.717) is 35.5 Å². The van der Waals surface area contributed by atoms with Gasteiger partial charge in [-0.1, -0.05) is 6.07 Å². The third-order valence-corrected chi connectivity index (χ3v) is 5.92. The molecule has 5 heterocycles. The summed E-state index contributed by atoms with van der Waals surface area (Å²) in [7, 11) is 1.56. The lowest BCUT2D eigenvalue weighted by Gasteiger charge is -2.43. The van der Waals surface area contributed by atoms with Crippen molar-refractivity contribution in [2.24, 2.45) is 0 Å². The second-order valence-electron chi connectivity index (χ2n) is 7.78. The predicted octanol–water partition coefficient (Wildman–Crippen LogP) is 0.269. The van der Waals surface area contributed by atoms with Crippen LogP contribution in [0.1, 0.15) is 23.3 Å². The summed E-state index contributed by atoms with van der Waals surface area (Å²) in [5.74, 6) is -0.627. The maximum absolute atomic E-state index is 13.2.